The van der Waals surface area contributed by atoms with Crippen LogP contribution in [0.2, 0.25) is 0 Å². The Balaban J connectivity index is 0.000000561. The maximum atomic E-state index is 3.71. The molecule has 0 aliphatic heterocycles. The quantitative estimate of drug-likeness (QED) is 0.618. The second-order valence-corrected chi connectivity index (χ2v) is 2.30. The van der Waals surface area contributed by atoms with Crippen LogP contribution in [0, 0.1) is 0 Å². The van der Waals surface area contributed by atoms with Crippen molar-refractivity contribution in [3.63, 3.8) is 0 Å². The number of benzene rings is 1. The van der Waals surface area contributed by atoms with Gasteiger partial charge in [0.05, 0.1) is 0 Å². The molecule has 0 aliphatic rings. The zero-order valence-electron chi connectivity index (χ0n) is 8.30. The molecule has 0 unspecified atom stereocenters. The molecule has 0 radical (unpaired) electrons. The van der Waals surface area contributed by atoms with E-state index in [1.165, 1.54) is 11.1 Å². The third-order valence-electron chi connectivity index (χ3n) is 1.59. The van der Waals surface area contributed by atoms with Gasteiger partial charge in [-0.15, -0.1) is 0 Å². The summed E-state index contributed by atoms with van der Waals surface area (Å²) in [5, 5.41) is 0. The number of hydrogen-bond acceptors (Lipinski definition) is 0. The molecule has 0 amide bonds. The first-order valence-electron chi connectivity index (χ1n) is 4.58. The van der Waals surface area contributed by atoms with E-state index in [2.05, 4.69) is 37.8 Å². The summed E-state index contributed by atoms with van der Waals surface area (Å²) in [7, 11) is 0. The maximum absolute atomic E-state index is 3.71. The molecule has 1 rings (SSSR count). The Morgan fingerprint density at radius 2 is 2.00 bits per heavy atom. The summed E-state index contributed by atoms with van der Waals surface area (Å²) in [4.78, 5) is 0. The Morgan fingerprint density at radius 3 is 2.50 bits per heavy atom. The van der Waals surface area contributed by atoms with Gasteiger partial charge in [-0.2, -0.15) is 0 Å². The average molecular weight is 162 g/mol. The van der Waals surface area contributed by atoms with Gasteiger partial charge >= 0.3 is 0 Å². The third kappa shape index (κ3) is 3.38. The average Bonchev–Trinajstić information content (AvgIpc) is 2.21. The lowest BCUT2D eigenvalue weighted by Crippen LogP contribution is -1.79. The molecule has 1 aromatic carbocycles. The van der Waals surface area contributed by atoms with Crippen LogP contribution in [-0.2, 0) is 6.42 Å². The molecule has 0 spiro atoms. The second-order valence-electron chi connectivity index (χ2n) is 2.30. The van der Waals surface area contributed by atoms with Crippen molar-refractivity contribution >= 4 is 6.08 Å². The Kier molecular flexibility index (Phi) is 6.08. The summed E-state index contributed by atoms with van der Waals surface area (Å²) in [6, 6.07) is 8.42. The zero-order chi connectivity index (χ0) is 9.40. The fraction of sp³-hybridized carbons (Fsp3) is 0.333. The largest absolute Gasteiger partial charge is 0.0985 e. The number of aryl methyl sites for hydroxylation is 1. The molecule has 0 saturated heterocycles. The lowest BCUT2D eigenvalue weighted by Gasteiger charge is -1.96. The predicted octanol–water partition coefficient (Wildman–Crippen LogP) is 3.92. The molecular weight excluding hydrogens is 144 g/mol. The van der Waals surface area contributed by atoms with Crippen molar-refractivity contribution < 1.29 is 0 Å². The number of rotatable bonds is 2. The van der Waals surface area contributed by atoms with Gasteiger partial charge in [-0.3, -0.25) is 0 Å². The molecule has 0 atom stereocenters. The molecule has 0 heterocycles. The summed E-state index contributed by atoms with van der Waals surface area (Å²) < 4.78 is 0. The number of hydrogen-bond donors (Lipinski definition) is 0. The molecule has 0 aliphatic carbocycles. The van der Waals surface area contributed by atoms with Crippen LogP contribution in [0.4, 0.5) is 0 Å². The molecule has 0 nitrogen and oxygen atoms in total. The molecule has 66 valence electrons. The maximum Gasteiger partial charge on any atom is -0.0260 e. The van der Waals surface area contributed by atoms with Gasteiger partial charge < -0.3 is 0 Å². The summed E-state index contributed by atoms with van der Waals surface area (Å²) in [5.41, 5.74) is 2.58. The molecular formula is C12H18. The molecule has 12 heavy (non-hydrogen) atoms. The van der Waals surface area contributed by atoms with Gasteiger partial charge in [-0.1, -0.05) is 57.7 Å². The van der Waals surface area contributed by atoms with Crippen LogP contribution in [0.5, 0.6) is 0 Å². The van der Waals surface area contributed by atoms with Crippen molar-refractivity contribution in [1.82, 2.24) is 0 Å². The highest BCUT2D eigenvalue weighted by molar-refractivity contribution is 5.47. The Hall–Kier alpha value is -1.04. The van der Waals surface area contributed by atoms with E-state index in [0.29, 0.717) is 0 Å². The first-order valence-corrected chi connectivity index (χ1v) is 4.58. The zero-order valence-corrected chi connectivity index (χ0v) is 8.30. The minimum absolute atomic E-state index is 1.10. The molecule has 0 N–H and O–H groups in total. The van der Waals surface area contributed by atoms with Gasteiger partial charge in [-0.25, -0.2) is 0 Å². The molecule has 0 heteroatoms. The van der Waals surface area contributed by atoms with E-state index < -0.39 is 0 Å². The molecule has 0 saturated carbocycles. The first-order chi connectivity index (χ1) is 5.86. The SMILES string of the molecule is C=Cc1cccc(CC)c1.CC. The normalized spacial score (nSPS) is 8.25. The van der Waals surface area contributed by atoms with Crippen molar-refractivity contribution in [3.8, 4) is 0 Å². The van der Waals surface area contributed by atoms with E-state index in [1.807, 2.05) is 19.9 Å². The summed E-state index contributed by atoms with van der Waals surface area (Å²) in [5.74, 6) is 0. The topological polar surface area (TPSA) is 0 Å². The van der Waals surface area contributed by atoms with Crippen LogP contribution in [0.25, 0.3) is 6.08 Å². The van der Waals surface area contributed by atoms with Crippen molar-refractivity contribution in [2.24, 2.45) is 0 Å². The van der Waals surface area contributed by atoms with E-state index in [-0.39, 0.29) is 0 Å². The van der Waals surface area contributed by atoms with E-state index in [0.717, 1.165) is 6.42 Å². The van der Waals surface area contributed by atoms with Gasteiger partial charge in [0.15, 0.2) is 0 Å². The van der Waals surface area contributed by atoms with E-state index in [9.17, 15) is 0 Å². The molecule has 1 aromatic rings. The highest BCUT2D eigenvalue weighted by Gasteiger charge is 1.87. The second kappa shape index (κ2) is 6.66. The predicted molar refractivity (Wildman–Crippen MR) is 57.3 cm³/mol. The van der Waals surface area contributed by atoms with Gasteiger partial charge in [0, 0.05) is 0 Å². The fourth-order valence-electron chi connectivity index (χ4n) is 0.940. The van der Waals surface area contributed by atoms with Gasteiger partial charge in [-0.05, 0) is 17.5 Å². The van der Waals surface area contributed by atoms with Crippen LogP contribution in [0.1, 0.15) is 31.9 Å². The standard InChI is InChI=1S/C10H12.C2H6/c1-3-9-6-5-7-10(4-2)8-9;1-2/h3,5-8H,1,4H2,2H3;1-2H3. The molecule has 0 bridgehead atoms. The first kappa shape index (κ1) is 11.0. The van der Waals surface area contributed by atoms with Gasteiger partial charge in [0.2, 0.25) is 0 Å². The van der Waals surface area contributed by atoms with E-state index in [1.54, 1.807) is 0 Å². The Bertz CT molecular complexity index is 223. The van der Waals surface area contributed by atoms with Crippen LogP contribution in [-0.4, -0.2) is 0 Å². The molecule has 0 fully saturated rings. The summed E-state index contributed by atoms with van der Waals surface area (Å²) in [6.07, 6.45) is 2.97. The van der Waals surface area contributed by atoms with E-state index in [4.69, 9.17) is 0 Å². The minimum Gasteiger partial charge on any atom is -0.0985 e. The Morgan fingerprint density at radius 1 is 1.33 bits per heavy atom. The lowest BCUT2D eigenvalue weighted by molar-refractivity contribution is 1.14. The highest BCUT2D eigenvalue weighted by atomic mass is 13.9. The van der Waals surface area contributed by atoms with Crippen LogP contribution in [0.15, 0.2) is 30.8 Å². The van der Waals surface area contributed by atoms with Crippen molar-refractivity contribution in [1.29, 1.82) is 0 Å². The smallest absolute Gasteiger partial charge is 0.0260 e. The van der Waals surface area contributed by atoms with Crippen molar-refractivity contribution in [2.75, 3.05) is 0 Å². The van der Waals surface area contributed by atoms with Gasteiger partial charge in [0.1, 0.15) is 0 Å². The lowest BCUT2D eigenvalue weighted by atomic mass is 10.1. The van der Waals surface area contributed by atoms with E-state index >= 15 is 0 Å². The third-order valence-corrected chi connectivity index (χ3v) is 1.59. The fourth-order valence-corrected chi connectivity index (χ4v) is 0.940. The summed E-state index contributed by atoms with van der Waals surface area (Å²) in [6.45, 7) is 9.86. The van der Waals surface area contributed by atoms with Gasteiger partial charge in [0.25, 0.3) is 0 Å². The van der Waals surface area contributed by atoms with Crippen LogP contribution >= 0.6 is 0 Å². The van der Waals surface area contributed by atoms with Crippen molar-refractivity contribution in [3.05, 3.63) is 42.0 Å². The van der Waals surface area contributed by atoms with Crippen LogP contribution in [0.3, 0.4) is 0 Å². The highest BCUT2D eigenvalue weighted by Crippen LogP contribution is 2.05. The monoisotopic (exact) mass is 162 g/mol. The molecule has 0 aromatic heterocycles. The van der Waals surface area contributed by atoms with Crippen molar-refractivity contribution in [2.45, 2.75) is 27.2 Å². The summed E-state index contributed by atoms with van der Waals surface area (Å²) >= 11 is 0. The Labute approximate surface area is 75.9 Å². The van der Waals surface area contributed by atoms with Crippen LogP contribution < -0.4 is 0 Å². The minimum atomic E-state index is 1.10.